The van der Waals surface area contributed by atoms with Crippen LogP contribution in [0.25, 0.3) is 0 Å². The maximum Gasteiger partial charge on any atom is 0.333 e. The van der Waals surface area contributed by atoms with Crippen molar-refractivity contribution in [1.82, 2.24) is 5.32 Å². The third kappa shape index (κ3) is 7.59. The maximum absolute atomic E-state index is 11.2. The van der Waals surface area contributed by atoms with E-state index in [-0.39, 0.29) is 5.97 Å². The molecule has 5 heteroatoms. The van der Waals surface area contributed by atoms with Crippen LogP contribution in [-0.4, -0.2) is 42.4 Å². The summed E-state index contributed by atoms with van der Waals surface area (Å²) in [5, 5.41) is 3.17. The van der Waals surface area contributed by atoms with Crippen LogP contribution < -0.4 is 5.32 Å². The summed E-state index contributed by atoms with van der Waals surface area (Å²) < 4.78 is 15.4. The van der Waals surface area contributed by atoms with Crippen LogP contribution >= 0.6 is 0 Å². The summed E-state index contributed by atoms with van der Waals surface area (Å²) in [5.41, 5.74) is 0.689. The van der Waals surface area contributed by atoms with Gasteiger partial charge in [-0.25, -0.2) is 4.79 Å². The van der Waals surface area contributed by atoms with Gasteiger partial charge in [0, 0.05) is 34.9 Å². The number of carbonyl (C=O) groups excluding carboxylic acids is 1. The van der Waals surface area contributed by atoms with E-state index in [1.807, 2.05) is 13.0 Å². The SMILES string of the molecule is CCC(=CCNCCCS(C)=O)C(=O)OC. The number of hydrogen-bond acceptors (Lipinski definition) is 4. The number of methoxy groups -OCH3 is 1. The van der Waals surface area contributed by atoms with Gasteiger partial charge in [-0.15, -0.1) is 0 Å². The number of esters is 1. The first-order chi connectivity index (χ1) is 7.61. The molecule has 0 amide bonds. The highest BCUT2D eigenvalue weighted by molar-refractivity contribution is 7.84. The minimum atomic E-state index is -0.720. The molecule has 0 aromatic heterocycles. The van der Waals surface area contributed by atoms with Crippen LogP contribution in [0.2, 0.25) is 0 Å². The predicted molar refractivity (Wildman–Crippen MR) is 66.8 cm³/mol. The topological polar surface area (TPSA) is 55.4 Å². The van der Waals surface area contributed by atoms with Gasteiger partial charge >= 0.3 is 5.97 Å². The molecule has 0 saturated carbocycles. The van der Waals surface area contributed by atoms with E-state index in [9.17, 15) is 9.00 Å². The van der Waals surface area contributed by atoms with E-state index >= 15 is 0 Å². The molecule has 1 N–H and O–H groups in total. The van der Waals surface area contributed by atoms with E-state index in [0.29, 0.717) is 24.3 Å². The summed E-state index contributed by atoms with van der Waals surface area (Å²) in [6, 6.07) is 0. The molecule has 0 spiro atoms. The van der Waals surface area contributed by atoms with Gasteiger partial charge in [0.05, 0.1) is 7.11 Å². The van der Waals surface area contributed by atoms with E-state index in [4.69, 9.17) is 0 Å². The molecule has 0 bridgehead atoms. The van der Waals surface area contributed by atoms with Gasteiger partial charge in [-0.1, -0.05) is 13.0 Å². The largest absolute Gasteiger partial charge is 0.466 e. The normalized spacial score (nSPS) is 13.6. The lowest BCUT2D eigenvalue weighted by molar-refractivity contribution is -0.136. The summed E-state index contributed by atoms with van der Waals surface area (Å²) in [6.45, 7) is 3.38. The second-order valence-electron chi connectivity index (χ2n) is 3.41. The van der Waals surface area contributed by atoms with Crippen LogP contribution in [0.15, 0.2) is 11.6 Å². The molecule has 0 heterocycles. The Morgan fingerprint density at radius 3 is 2.69 bits per heavy atom. The van der Waals surface area contributed by atoms with Crippen molar-refractivity contribution in [2.45, 2.75) is 19.8 Å². The molecule has 0 aliphatic rings. The fraction of sp³-hybridized carbons (Fsp3) is 0.727. The fourth-order valence-corrected chi connectivity index (χ4v) is 1.75. The molecule has 1 atom stereocenters. The molecule has 16 heavy (non-hydrogen) atoms. The average molecular weight is 247 g/mol. The molecule has 0 radical (unpaired) electrons. The van der Waals surface area contributed by atoms with Gasteiger partial charge in [-0.3, -0.25) is 4.21 Å². The van der Waals surface area contributed by atoms with Gasteiger partial charge in [-0.2, -0.15) is 0 Å². The molecule has 0 rings (SSSR count). The van der Waals surface area contributed by atoms with Crippen molar-refractivity contribution >= 4 is 16.8 Å². The first-order valence-corrected chi connectivity index (χ1v) is 7.12. The second-order valence-corrected chi connectivity index (χ2v) is 4.96. The van der Waals surface area contributed by atoms with Crippen molar-refractivity contribution in [3.63, 3.8) is 0 Å². The maximum atomic E-state index is 11.2. The molecule has 0 aromatic rings. The summed E-state index contributed by atoms with van der Waals surface area (Å²) in [6.07, 6.45) is 5.10. The molecule has 4 nitrogen and oxygen atoms in total. The highest BCUT2D eigenvalue weighted by atomic mass is 32.2. The van der Waals surface area contributed by atoms with Gasteiger partial charge in [0.2, 0.25) is 0 Å². The highest BCUT2D eigenvalue weighted by Gasteiger charge is 2.05. The number of hydrogen-bond donors (Lipinski definition) is 1. The van der Waals surface area contributed by atoms with E-state index < -0.39 is 10.8 Å². The second kappa shape index (κ2) is 9.54. The lowest BCUT2D eigenvalue weighted by atomic mass is 10.2. The van der Waals surface area contributed by atoms with Crippen LogP contribution in [0.4, 0.5) is 0 Å². The third-order valence-corrected chi connectivity index (χ3v) is 2.97. The van der Waals surface area contributed by atoms with Crippen LogP contribution in [0, 0.1) is 0 Å². The van der Waals surface area contributed by atoms with Crippen LogP contribution in [0.1, 0.15) is 19.8 Å². The smallest absolute Gasteiger partial charge is 0.333 e. The van der Waals surface area contributed by atoms with Crippen molar-refractivity contribution in [2.75, 3.05) is 32.2 Å². The average Bonchev–Trinajstić information content (AvgIpc) is 2.27. The van der Waals surface area contributed by atoms with Crippen LogP contribution in [0.5, 0.6) is 0 Å². The summed E-state index contributed by atoms with van der Waals surface area (Å²) in [5.74, 6) is 0.452. The molecule has 1 unspecified atom stereocenters. The van der Waals surface area contributed by atoms with Crippen molar-refractivity contribution < 1.29 is 13.7 Å². The number of rotatable bonds is 8. The van der Waals surface area contributed by atoms with E-state index in [1.165, 1.54) is 7.11 Å². The van der Waals surface area contributed by atoms with Crippen molar-refractivity contribution in [1.29, 1.82) is 0 Å². The van der Waals surface area contributed by atoms with Crippen LogP contribution in [0.3, 0.4) is 0 Å². The first kappa shape index (κ1) is 15.3. The van der Waals surface area contributed by atoms with Gasteiger partial charge in [0.15, 0.2) is 0 Å². The first-order valence-electron chi connectivity index (χ1n) is 5.39. The summed E-state index contributed by atoms with van der Waals surface area (Å²) >= 11 is 0. The van der Waals surface area contributed by atoms with E-state index in [1.54, 1.807) is 6.26 Å². The predicted octanol–water partition coefficient (Wildman–Crippen LogP) is 0.854. The quantitative estimate of drug-likeness (QED) is 0.392. The zero-order valence-electron chi connectivity index (χ0n) is 10.2. The Balaban J connectivity index is 3.72. The number of nitrogens with one attached hydrogen (secondary N) is 1. The van der Waals surface area contributed by atoms with Crippen molar-refractivity contribution in [2.24, 2.45) is 0 Å². The molecule has 0 aliphatic heterocycles. The van der Waals surface area contributed by atoms with Crippen molar-refractivity contribution in [3.8, 4) is 0 Å². The molecule has 0 fully saturated rings. The third-order valence-electron chi connectivity index (χ3n) is 2.11. The Hall–Kier alpha value is -0.680. The number of carbonyl (C=O) groups is 1. The zero-order chi connectivity index (χ0) is 12.4. The highest BCUT2D eigenvalue weighted by Crippen LogP contribution is 2.01. The lowest BCUT2D eigenvalue weighted by Crippen LogP contribution is -2.18. The number of ether oxygens (including phenoxy) is 1. The minimum Gasteiger partial charge on any atom is -0.466 e. The monoisotopic (exact) mass is 247 g/mol. The van der Waals surface area contributed by atoms with Gasteiger partial charge in [-0.05, 0) is 19.4 Å². The lowest BCUT2D eigenvalue weighted by Gasteiger charge is -2.03. The molecule has 0 aromatic carbocycles. The molecule has 94 valence electrons. The fourth-order valence-electron chi connectivity index (χ4n) is 1.20. The Labute approximate surface area is 99.9 Å². The zero-order valence-corrected chi connectivity index (χ0v) is 11.1. The van der Waals surface area contributed by atoms with Gasteiger partial charge in [0.1, 0.15) is 0 Å². The summed E-state index contributed by atoms with van der Waals surface area (Å²) in [4.78, 5) is 11.2. The Kier molecular flexibility index (Phi) is 9.13. The van der Waals surface area contributed by atoms with Gasteiger partial charge in [0.25, 0.3) is 0 Å². The Morgan fingerprint density at radius 1 is 1.50 bits per heavy atom. The molecular weight excluding hydrogens is 226 g/mol. The van der Waals surface area contributed by atoms with Crippen LogP contribution in [-0.2, 0) is 20.3 Å². The molecular formula is C11H21NO3S. The van der Waals surface area contributed by atoms with E-state index in [0.717, 1.165) is 13.0 Å². The Bertz CT molecular complexity index is 264. The summed E-state index contributed by atoms with van der Waals surface area (Å²) in [7, 11) is 0.665. The van der Waals surface area contributed by atoms with Crippen molar-refractivity contribution in [3.05, 3.63) is 11.6 Å². The van der Waals surface area contributed by atoms with E-state index in [2.05, 4.69) is 10.1 Å². The molecule has 0 saturated heterocycles. The standard InChI is InChI=1S/C11H21NO3S/c1-4-10(11(13)15-2)6-8-12-7-5-9-16(3)14/h6,12H,4-5,7-9H2,1-3H3. The minimum absolute atomic E-state index is 0.265. The van der Waals surface area contributed by atoms with Gasteiger partial charge < -0.3 is 10.1 Å². The molecule has 0 aliphatic carbocycles. The Morgan fingerprint density at radius 2 is 2.19 bits per heavy atom.